The van der Waals surface area contributed by atoms with Crippen molar-refractivity contribution in [3.05, 3.63) is 129 Å². The molecule has 0 saturated heterocycles. The van der Waals surface area contributed by atoms with Crippen molar-refractivity contribution in [2.75, 3.05) is 0 Å². The van der Waals surface area contributed by atoms with E-state index in [1.54, 1.807) is 0 Å². The average Bonchev–Trinajstić information content (AvgIpc) is 2.92. The normalized spacial score (nSPS) is 17.0. The van der Waals surface area contributed by atoms with Gasteiger partial charge in [0.05, 0.1) is 11.0 Å². The summed E-state index contributed by atoms with van der Waals surface area (Å²) in [6, 6.07) is 25.5. The van der Waals surface area contributed by atoms with Crippen LogP contribution in [0.5, 0.6) is 0 Å². The van der Waals surface area contributed by atoms with E-state index in [1.807, 2.05) is 26.0 Å². The largest absolute Gasteiger partial charge is 1.00 e. The summed E-state index contributed by atoms with van der Waals surface area (Å²) in [5.74, 6) is 0. The molecule has 2 aliphatic heterocycles. The molecule has 2 aliphatic rings. The van der Waals surface area contributed by atoms with E-state index in [0.29, 0.717) is 0 Å². The molecule has 2 unspecified atom stereocenters. The third-order valence-corrected chi connectivity index (χ3v) is 7.08. The van der Waals surface area contributed by atoms with Gasteiger partial charge in [0, 0.05) is 11.4 Å². The fraction of sp³-hybridized carbons (Fsp3) is 0.125. The third-order valence-electron chi connectivity index (χ3n) is 7.08. The van der Waals surface area contributed by atoms with E-state index < -0.39 is 0 Å². The number of hydrogen-bond acceptors (Lipinski definition) is 2. The summed E-state index contributed by atoms with van der Waals surface area (Å²) in [7, 11) is 0. The first-order valence-electron chi connectivity index (χ1n) is 12.3. The van der Waals surface area contributed by atoms with Crippen LogP contribution in [0, 0.1) is 13.8 Å². The van der Waals surface area contributed by atoms with Crippen molar-refractivity contribution >= 4 is 45.3 Å². The second-order valence-corrected chi connectivity index (χ2v) is 9.59. The number of aryl methyl sites for hydroxylation is 2. The molecule has 4 nitrogen and oxygen atoms in total. The number of pyridine rings is 2. The van der Waals surface area contributed by atoms with Gasteiger partial charge in [0.15, 0.2) is 0 Å². The minimum absolute atomic E-state index is 0. The number of benzene rings is 3. The molecule has 0 spiro atoms. The summed E-state index contributed by atoms with van der Waals surface area (Å²) in [5, 5.41) is 12.5. The number of nitrogens with zero attached hydrogens (tertiary/aromatic N) is 4. The fourth-order valence-corrected chi connectivity index (χ4v) is 5.13. The van der Waals surface area contributed by atoms with Crippen LogP contribution >= 0.6 is 0 Å². The Hall–Kier alpha value is -3.25. The molecular formula is C32H24Li2N4. The smallest absolute Gasteiger partial charge is 0.673 e. The molecule has 4 heterocycles. The van der Waals surface area contributed by atoms with Crippen LogP contribution in [-0.4, -0.2) is 9.97 Å². The molecule has 0 N–H and O–H groups in total. The molecule has 6 heteroatoms. The Morgan fingerprint density at radius 3 is 1.34 bits per heavy atom. The molecule has 7 rings (SSSR count). The van der Waals surface area contributed by atoms with Gasteiger partial charge in [-0.1, -0.05) is 108 Å². The molecule has 2 atom stereocenters. The Kier molecular flexibility index (Phi) is 7.28. The van der Waals surface area contributed by atoms with Crippen molar-refractivity contribution in [3.63, 3.8) is 0 Å². The van der Waals surface area contributed by atoms with E-state index >= 15 is 0 Å². The summed E-state index contributed by atoms with van der Waals surface area (Å²) in [6.45, 7) is 4.05. The van der Waals surface area contributed by atoms with Crippen molar-refractivity contribution in [2.24, 2.45) is 0 Å². The Bertz CT molecular complexity index is 1600. The molecule has 38 heavy (non-hydrogen) atoms. The van der Waals surface area contributed by atoms with Crippen molar-refractivity contribution in [1.29, 1.82) is 0 Å². The summed E-state index contributed by atoms with van der Waals surface area (Å²) in [5.41, 5.74) is 10.5. The van der Waals surface area contributed by atoms with Crippen molar-refractivity contribution in [3.8, 4) is 0 Å². The van der Waals surface area contributed by atoms with Gasteiger partial charge in [0.2, 0.25) is 0 Å². The maximum absolute atomic E-state index is 5.10. The molecule has 0 bridgehead atoms. The van der Waals surface area contributed by atoms with Gasteiger partial charge in [0.25, 0.3) is 0 Å². The minimum Gasteiger partial charge on any atom is -0.673 e. The zero-order chi connectivity index (χ0) is 24.2. The molecule has 2 aromatic heterocycles. The third kappa shape index (κ3) is 4.60. The quantitative estimate of drug-likeness (QED) is 0.367. The monoisotopic (exact) mass is 478 g/mol. The Labute approximate surface area is 247 Å². The van der Waals surface area contributed by atoms with Gasteiger partial charge in [-0.05, 0) is 47.9 Å². The van der Waals surface area contributed by atoms with Gasteiger partial charge < -0.3 is 10.6 Å². The second kappa shape index (κ2) is 10.5. The minimum atomic E-state index is -0.0323. The molecule has 0 radical (unpaired) electrons. The number of fused-ring (bicyclic) bond motifs is 6. The van der Waals surface area contributed by atoms with Crippen LogP contribution in [0.1, 0.15) is 45.7 Å². The topological polar surface area (TPSA) is 54.0 Å². The van der Waals surface area contributed by atoms with Crippen LogP contribution in [0.4, 0.5) is 11.4 Å². The first-order chi connectivity index (χ1) is 17.6. The predicted octanol–water partition coefficient (Wildman–Crippen LogP) is 2.95. The van der Waals surface area contributed by atoms with E-state index in [9.17, 15) is 0 Å². The zero-order valence-electron chi connectivity index (χ0n) is 22.2. The Morgan fingerprint density at radius 2 is 0.921 bits per heavy atom. The second-order valence-electron chi connectivity index (χ2n) is 9.59. The first-order valence-corrected chi connectivity index (χ1v) is 12.3. The van der Waals surface area contributed by atoms with E-state index in [4.69, 9.17) is 20.6 Å². The van der Waals surface area contributed by atoms with Crippen molar-refractivity contribution in [2.45, 2.75) is 25.9 Å². The zero-order valence-corrected chi connectivity index (χ0v) is 22.2. The molecular weight excluding hydrogens is 454 g/mol. The Balaban J connectivity index is 0.00000147. The number of rotatable bonds is 2. The van der Waals surface area contributed by atoms with E-state index in [-0.39, 0.29) is 49.8 Å². The van der Waals surface area contributed by atoms with Gasteiger partial charge in [0.1, 0.15) is 0 Å². The van der Waals surface area contributed by atoms with Crippen LogP contribution in [0.25, 0.3) is 44.6 Å². The molecule has 3 aromatic carbocycles. The maximum atomic E-state index is 5.10. The van der Waals surface area contributed by atoms with Crippen molar-refractivity contribution in [1.82, 2.24) is 9.97 Å². The van der Waals surface area contributed by atoms with Crippen LogP contribution in [-0.2, 0) is 0 Å². The SMILES string of the molecule is Cc1ccc2ccc3c(c2n1)[N-]C(c1ccc(C2C=Cc4ccc5ccc(C)nc5c4[N-]2)cc1)C=C3.[Li+].[Li+]. The predicted molar refractivity (Wildman–Crippen MR) is 149 cm³/mol. The number of hydrogen-bond donors (Lipinski definition) is 0. The first kappa shape index (κ1) is 26.4. The van der Waals surface area contributed by atoms with Crippen LogP contribution < -0.4 is 37.7 Å². The van der Waals surface area contributed by atoms with Gasteiger partial charge in [-0.2, -0.15) is 0 Å². The van der Waals surface area contributed by atoms with E-state index in [0.717, 1.165) is 66.8 Å². The fourth-order valence-electron chi connectivity index (χ4n) is 5.13. The van der Waals surface area contributed by atoms with E-state index in [2.05, 4.69) is 85.0 Å². The molecule has 5 aromatic rings. The van der Waals surface area contributed by atoms with E-state index in [1.165, 1.54) is 0 Å². The molecule has 0 fully saturated rings. The van der Waals surface area contributed by atoms with Crippen LogP contribution in [0.2, 0.25) is 0 Å². The number of aromatic nitrogens is 2. The summed E-state index contributed by atoms with van der Waals surface area (Å²) in [6.07, 6.45) is 8.67. The summed E-state index contributed by atoms with van der Waals surface area (Å²) in [4.78, 5) is 9.57. The molecule has 0 saturated carbocycles. The maximum Gasteiger partial charge on any atom is 1.00 e. The van der Waals surface area contributed by atoms with Crippen molar-refractivity contribution < 1.29 is 37.7 Å². The standard InChI is InChI=1S/C32H24N4.2Li/c1-19-3-5-23-11-13-25-15-17-27(35-31(25)29(23)33-19)21-7-9-22(10-8-21)28-18-16-26-14-12-24-6-4-20(2)34-30(24)32(26)36-28;;/h3-18,27-28H,1-2H3;;/q-2;2*+1. The molecule has 174 valence electrons. The van der Waals surface area contributed by atoms with Crippen LogP contribution in [0.15, 0.2) is 84.9 Å². The van der Waals surface area contributed by atoms with Gasteiger partial charge in [-0.15, -0.1) is 11.4 Å². The molecule has 0 aliphatic carbocycles. The average molecular weight is 478 g/mol. The molecule has 0 amide bonds. The van der Waals surface area contributed by atoms with Crippen LogP contribution in [0.3, 0.4) is 0 Å². The Morgan fingerprint density at radius 1 is 0.526 bits per heavy atom. The van der Waals surface area contributed by atoms with Gasteiger partial charge in [-0.3, -0.25) is 9.97 Å². The summed E-state index contributed by atoms with van der Waals surface area (Å²) >= 11 is 0. The van der Waals surface area contributed by atoms with Gasteiger partial charge in [-0.25, -0.2) is 0 Å². The van der Waals surface area contributed by atoms with Gasteiger partial charge >= 0.3 is 37.7 Å². The summed E-state index contributed by atoms with van der Waals surface area (Å²) < 4.78 is 0.